The van der Waals surface area contributed by atoms with E-state index in [-0.39, 0.29) is 5.54 Å². The summed E-state index contributed by atoms with van der Waals surface area (Å²) in [4.78, 5) is 4.08. The first-order valence-electron chi connectivity index (χ1n) is 5.00. The standard InChI is InChI=1S/C11H16N2O/c1-9-8-13-5-2-10(9)11(12)3-6-14-7-4-11/h2,5,8H,3-4,6-7,12H2,1H3. The highest BCUT2D eigenvalue weighted by Gasteiger charge is 2.30. The minimum Gasteiger partial charge on any atom is -0.381 e. The zero-order valence-corrected chi connectivity index (χ0v) is 8.49. The third-order valence-corrected chi connectivity index (χ3v) is 2.94. The highest BCUT2D eigenvalue weighted by Crippen LogP contribution is 2.30. The first kappa shape index (κ1) is 9.62. The highest BCUT2D eigenvalue weighted by molar-refractivity contribution is 5.30. The summed E-state index contributed by atoms with van der Waals surface area (Å²) in [6.45, 7) is 3.59. The molecule has 0 bridgehead atoms. The number of rotatable bonds is 1. The van der Waals surface area contributed by atoms with Gasteiger partial charge < -0.3 is 10.5 Å². The summed E-state index contributed by atoms with van der Waals surface area (Å²) in [5.41, 5.74) is 8.57. The Kier molecular flexibility index (Phi) is 2.52. The average molecular weight is 192 g/mol. The maximum atomic E-state index is 6.37. The van der Waals surface area contributed by atoms with Crippen molar-refractivity contribution >= 4 is 0 Å². The summed E-state index contributed by atoms with van der Waals surface area (Å²) >= 11 is 0. The van der Waals surface area contributed by atoms with Gasteiger partial charge in [0.2, 0.25) is 0 Å². The molecule has 2 N–H and O–H groups in total. The zero-order chi connectivity index (χ0) is 10.0. The Morgan fingerprint density at radius 2 is 2.14 bits per heavy atom. The van der Waals surface area contributed by atoms with Crippen LogP contribution in [0.15, 0.2) is 18.5 Å². The van der Waals surface area contributed by atoms with Gasteiger partial charge in [0.15, 0.2) is 0 Å². The summed E-state index contributed by atoms with van der Waals surface area (Å²) in [5, 5.41) is 0. The predicted octanol–water partition coefficient (Wildman–Crippen LogP) is 1.35. The van der Waals surface area contributed by atoms with Crippen molar-refractivity contribution in [1.29, 1.82) is 0 Å². The molecule has 2 rings (SSSR count). The molecule has 0 saturated carbocycles. The summed E-state index contributed by atoms with van der Waals surface area (Å²) < 4.78 is 5.33. The molecule has 14 heavy (non-hydrogen) atoms. The average Bonchev–Trinajstić information content (AvgIpc) is 2.19. The van der Waals surface area contributed by atoms with E-state index in [1.165, 1.54) is 11.1 Å². The lowest BCUT2D eigenvalue weighted by atomic mass is 9.82. The van der Waals surface area contributed by atoms with E-state index in [2.05, 4.69) is 11.9 Å². The number of hydrogen-bond acceptors (Lipinski definition) is 3. The van der Waals surface area contributed by atoms with Crippen molar-refractivity contribution in [3.63, 3.8) is 0 Å². The smallest absolute Gasteiger partial charge is 0.0486 e. The van der Waals surface area contributed by atoms with E-state index in [1.54, 1.807) is 0 Å². The van der Waals surface area contributed by atoms with E-state index < -0.39 is 0 Å². The van der Waals surface area contributed by atoms with Crippen molar-refractivity contribution in [2.75, 3.05) is 13.2 Å². The van der Waals surface area contributed by atoms with Crippen molar-refractivity contribution in [3.8, 4) is 0 Å². The van der Waals surface area contributed by atoms with E-state index in [1.807, 2.05) is 18.5 Å². The molecule has 1 aromatic rings. The van der Waals surface area contributed by atoms with E-state index >= 15 is 0 Å². The lowest BCUT2D eigenvalue weighted by Crippen LogP contribution is -2.42. The van der Waals surface area contributed by atoms with E-state index in [0.717, 1.165) is 26.1 Å². The van der Waals surface area contributed by atoms with Crippen LogP contribution in [-0.2, 0) is 10.3 Å². The molecule has 0 atom stereocenters. The minimum absolute atomic E-state index is 0.203. The molecule has 1 saturated heterocycles. The predicted molar refractivity (Wildman–Crippen MR) is 54.9 cm³/mol. The largest absolute Gasteiger partial charge is 0.381 e. The van der Waals surface area contributed by atoms with Crippen LogP contribution >= 0.6 is 0 Å². The maximum absolute atomic E-state index is 6.37. The Bertz CT molecular complexity index is 319. The molecule has 0 unspecified atom stereocenters. The maximum Gasteiger partial charge on any atom is 0.0486 e. The molecule has 1 aromatic heterocycles. The zero-order valence-electron chi connectivity index (χ0n) is 8.49. The van der Waals surface area contributed by atoms with Gasteiger partial charge in [0.25, 0.3) is 0 Å². The van der Waals surface area contributed by atoms with Crippen molar-refractivity contribution < 1.29 is 4.74 Å². The summed E-state index contributed by atoms with van der Waals surface area (Å²) in [5.74, 6) is 0. The molecule has 0 amide bonds. The minimum atomic E-state index is -0.203. The third-order valence-electron chi connectivity index (χ3n) is 2.94. The SMILES string of the molecule is Cc1cnccc1C1(N)CCOCC1. The molecule has 3 heteroatoms. The molecule has 3 nitrogen and oxygen atoms in total. The fraction of sp³-hybridized carbons (Fsp3) is 0.545. The molecule has 0 radical (unpaired) electrons. The van der Waals surface area contributed by atoms with E-state index in [0.29, 0.717) is 0 Å². The number of aryl methyl sites for hydroxylation is 1. The van der Waals surface area contributed by atoms with Crippen LogP contribution < -0.4 is 5.73 Å². The third kappa shape index (κ3) is 1.65. The monoisotopic (exact) mass is 192 g/mol. The first-order chi connectivity index (χ1) is 6.72. The van der Waals surface area contributed by atoms with Crippen LogP contribution in [0.4, 0.5) is 0 Å². The van der Waals surface area contributed by atoms with Gasteiger partial charge in [-0.3, -0.25) is 4.98 Å². The highest BCUT2D eigenvalue weighted by atomic mass is 16.5. The molecule has 1 aliphatic heterocycles. The second-order valence-electron chi connectivity index (χ2n) is 3.96. The van der Waals surface area contributed by atoms with Gasteiger partial charge in [-0.2, -0.15) is 0 Å². The van der Waals surface area contributed by atoms with Crippen LogP contribution in [0.5, 0.6) is 0 Å². The van der Waals surface area contributed by atoms with Crippen LogP contribution in [0.1, 0.15) is 24.0 Å². The van der Waals surface area contributed by atoms with Crippen molar-refractivity contribution in [1.82, 2.24) is 4.98 Å². The van der Waals surface area contributed by atoms with Gasteiger partial charge in [-0.05, 0) is 37.0 Å². The van der Waals surface area contributed by atoms with Crippen molar-refractivity contribution in [3.05, 3.63) is 29.6 Å². The van der Waals surface area contributed by atoms with Crippen LogP contribution in [-0.4, -0.2) is 18.2 Å². The number of aromatic nitrogens is 1. The van der Waals surface area contributed by atoms with Crippen LogP contribution in [0.25, 0.3) is 0 Å². The number of hydrogen-bond donors (Lipinski definition) is 1. The molecule has 1 fully saturated rings. The first-order valence-corrected chi connectivity index (χ1v) is 5.00. The second kappa shape index (κ2) is 3.67. The molecule has 0 aliphatic carbocycles. The van der Waals surface area contributed by atoms with E-state index in [4.69, 9.17) is 10.5 Å². The second-order valence-corrected chi connectivity index (χ2v) is 3.96. The molecule has 76 valence electrons. The normalized spacial score (nSPS) is 20.7. The Labute approximate surface area is 84.3 Å². The number of pyridine rings is 1. The van der Waals surface area contributed by atoms with Gasteiger partial charge in [0.1, 0.15) is 0 Å². The lowest BCUT2D eigenvalue weighted by molar-refractivity contribution is 0.0520. The van der Waals surface area contributed by atoms with E-state index in [9.17, 15) is 0 Å². The van der Waals surface area contributed by atoms with Gasteiger partial charge in [-0.25, -0.2) is 0 Å². The molecule has 2 heterocycles. The Morgan fingerprint density at radius 1 is 1.43 bits per heavy atom. The quantitative estimate of drug-likeness (QED) is 0.730. The Balaban J connectivity index is 2.32. The Hall–Kier alpha value is -0.930. The van der Waals surface area contributed by atoms with Gasteiger partial charge in [0, 0.05) is 31.1 Å². The van der Waals surface area contributed by atoms with Crippen LogP contribution in [0.3, 0.4) is 0 Å². The van der Waals surface area contributed by atoms with Crippen LogP contribution in [0.2, 0.25) is 0 Å². The number of nitrogens with two attached hydrogens (primary N) is 1. The van der Waals surface area contributed by atoms with Gasteiger partial charge in [-0.15, -0.1) is 0 Å². The summed E-state index contributed by atoms with van der Waals surface area (Å²) in [6, 6.07) is 2.03. The van der Waals surface area contributed by atoms with Gasteiger partial charge in [-0.1, -0.05) is 0 Å². The number of nitrogens with zero attached hydrogens (tertiary/aromatic N) is 1. The molecule has 0 aromatic carbocycles. The fourth-order valence-electron chi connectivity index (χ4n) is 2.04. The fourth-order valence-corrected chi connectivity index (χ4v) is 2.04. The van der Waals surface area contributed by atoms with Gasteiger partial charge >= 0.3 is 0 Å². The summed E-state index contributed by atoms with van der Waals surface area (Å²) in [7, 11) is 0. The molecular weight excluding hydrogens is 176 g/mol. The van der Waals surface area contributed by atoms with Crippen molar-refractivity contribution in [2.24, 2.45) is 5.73 Å². The molecular formula is C11H16N2O. The lowest BCUT2D eigenvalue weighted by Gasteiger charge is -2.34. The number of ether oxygens (including phenoxy) is 1. The summed E-state index contributed by atoms with van der Waals surface area (Å²) in [6.07, 6.45) is 5.49. The Morgan fingerprint density at radius 3 is 2.79 bits per heavy atom. The molecule has 1 aliphatic rings. The van der Waals surface area contributed by atoms with Crippen molar-refractivity contribution in [2.45, 2.75) is 25.3 Å². The molecule has 0 spiro atoms. The van der Waals surface area contributed by atoms with Gasteiger partial charge in [0.05, 0.1) is 0 Å². The van der Waals surface area contributed by atoms with Crippen LogP contribution in [0, 0.1) is 6.92 Å². The topological polar surface area (TPSA) is 48.1 Å².